The highest BCUT2D eigenvalue weighted by Gasteiger charge is 2.47. The van der Waals surface area contributed by atoms with Crippen LogP contribution in [-0.2, 0) is 52.3 Å². The quantitative estimate of drug-likeness (QED) is 0.192. The number of benzene rings is 4. The van der Waals surface area contributed by atoms with Gasteiger partial charge in [0.15, 0.2) is 0 Å². The van der Waals surface area contributed by atoms with Gasteiger partial charge in [0, 0.05) is 17.9 Å². The van der Waals surface area contributed by atoms with Gasteiger partial charge in [-0.2, -0.15) is 0 Å². The van der Waals surface area contributed by atoms with Crippen molar-refractivity contribution in [3.63, 3.8) is 0 Å². The topological polar surface area (TPSA) is 27.7 Å². The molecule has 2 unspecified atom stereocenters. The van der Waals surface area contributed by atoms with Crippen LogP contribution in [0, 0.1) is 0 Å². The molecule has 1 spiro atoms. The summed E-state index contributed by atoms with van der Waals surface area (Å²) in [6.07, 6.45) is 5.46. The number of hydrogen-bond donors (Lipinski definition) is 0. The molecule has 1 heterocycles. The number of fused-ring (bicyclic) bond motifs is 2. The molecule has 3 nitrogen and oxygen atoms in total. The summed E-state index contributed by atoms with van der Waals surface area (Å²) in [5.74, 6) is 0. The van der Waals surface area contributed by atoms with Crippen molar-refractivity contribution in [3.05, 3.63) is 141 Å². The monoisotopic (exact) mass is 566 g/mol. The fraction of sp³-hybridized carbons (Fsp3) is 0.351. The van der Waals surface area contributed by atoms with E-state index in [0.717, 1.165) is 49.1 Å². The van der Waals surface area contributed by atoms with Gasteiger partial charge in [-0.05, 0) is 70.7 Å². The van der Waals surface area contributed by atoms with Crippen LogP contribution in [0.1, 0.15) is 65.1 Å². The Morgan fingerprint density at radius 1 is 0.829 bits per heavy atom. The molecule has 0 amide bonds. The van der Waals surface area contributed by atoms with E-state index in [1.807, 2.05) is 12.1 Å². The Hall–Kier alpha value is -2.95. The summed E-state index contributed by atoms with van der Waals surface area (Å²) in [6, 6.07) is 34.2. The molecule has 1 aliphatic carbocycles. The summed E-state index contributed by atoms with van der Waals surface area (Å²) in [5, 5.41) is 0.843. The number of halogens is 1. The fourth-order valence-corrected chi connectivity index (χ4v) is 6.66. The highest BCUT2D eigenvalue weighted by atomic mass is 35.5. The lowest BCUT2D eigenvalue weighted by Crippen LogP contribution is -2.45. The van der Waals surface area contributed by atoms with Crippen LogP contribution in [0.25, 0.3) is 0 Å². The maximum Gasteiger partial charge on any atom is 0.0966 e. The van der Waals surface area contributed by atoms with Crippen molar-refractivity contribution in [2.75, 3.05) is 6.61 Å². The SMILES string of the molecule is CCc1ccc(Cc2cc3c(cc2Cl)CC[C@@]32CC(OCc3ccccc3)CC(COCc3ccccc3)O2)cc1. The second-order valence-corrected chi connectivity index (χ2v) is 11.9. The van der Waals surface area contributed by atoms with Crippen molar-refractivity contribution in [1.82, 2.24) is 0 Å². The molecule has 4 aromatic rings. The Bertz CT molecular complexity index is 1420. The zero-order chi connectivity index (χ0) is 28.1. The van der Waals surface area contributed by atoms with Gasteiger partial charge in [0.1, 0.15) is 0 Å². The van der Waals surface area contributed by atoms with E-state index in [4.69, 9.17) is 25.8 Å². The van der Waals surface area contributed by atoms with E-state index in [0.29, 0.717) is 19.8 Å². The largest absolute Gasteiger partial charge is 0.374 e. The molecule has 1 saturated heterocycles. The third-order valence-corrected chi connectivity index (χ3v) is 8.96. The van der Waals surface area contributed by atoms with Gasteiger partial charge in [0.25, 0.3) is 0 Å². The Balaban J connectivity index is 1.23. The molecule has 4 heteroatoms. The maximum atomic E-state index is 7.01. The molecule has 3 atom stereocenters. The standard InChI is InChI=1S/C37H39ClO3/c1-2-27-13-15-28(16-14-27)19-32-20-35-31(21-36(32)38)17-18-37(35)23-33(40-25-30-11-7-4-8-12-30)22-34(41-37)26-39-24-29-9-5-3-6-10-29/h3-16,20-21,33-34H,2,17-19,22-26H2,1H3/t33?,34?,37-/m1/s1. The minimum absolute atomic E-state index is 0.0418. The van der Waals surface area contributed by atoms with Gasteiger partial charge in [-0.3, -0.25) is 0 Å². The average molecular weight is 567 g/mol. The minimum atomic E-state index is -0.388. The van der Waals surface area contributed by atoms with Gasteiger partial charge in [-0.25, -0.2) is 0 Å². The number of hydrogen-bond acceptors (Lipinski definition) is 3. The third-order valence-electron chi connectivity index (χ3n) is 8.61. The molecule has 0 bridgehead atoms. The van der Waals surface area contributed by atoms with Crippen LogP contribution in [0.4, 0.5) is 0 Å². The average Bonchev–Trinajstić information content (AvgIpc) is 3.33. The molecule has 6 rings (SSSR count). The van der Waals surface area contributed by atoms with Gasteiger partial charge in [-0.15, -0.1) is 0 Å². The number of rotatable bonds is 10. The van der Waals surface area contributed by atoms with Crippen LogP contribution in [0.3, 0.4) is 0 Å². The predicted molar refractivity (Wildman–Crippen MR) is 165 cm³/mol. The number of aryl methyl sites for hydroxylation is 2. The smallest absolute Gasteiger partial charge is 0.0966 e. The number of ether oxygens (including phenoxy) is 3. The van der Waals surface area contributed by atoms with Crippen LogP contribution in [-0.4, -0.2) is 18.8 Å². The molecule has 212 valence electrons. The second-order valence-electron chi connectivity index (χ2n) is 11.5. The third kappa shape index (κ3) is 6.76. The van der Waals surface area contributed by atoms with Crippen LogP contribution >= 0.6 is 11.6 Å². The van der Waals surface area contributed by atoms with E-state index < -0.39 is 0 Å². The normalized spacial score (nSPS) is 21.7. The first-order valence-corrected chi connectivity index (χ1v) is 15.3. The molecule has 2 aliphatic rings. The van der Waals surface area contributed by atoms with Crippen molar-refractivity contribution < 1.29 is 14.2 Å². The molecule has 0 N–H and O–H groups in total. The van der Waals surface area contributed by atoms with E-state index in [9.17, 15) is 0 Å². The molecule has 1 aliphatic heterocycles. The van der Waals surface area contributed by atoms with Crippen LogP contribution in [0.2, 0.25) is 5.02 Å². The molecule has 0 saturated carbocycles. The molecule has 4 aromatic carbocycles. The lowest BCUT2D eigenvalue weighted by Gasteiger charge is -2.43. The van der Waals surface area contributed by atoms with Gasteiger partial charge in [-0.1, -0.05) is 110 Å². The zero-order valence-corrected chi connectivity index (χ0v) is 24.6. The van der Waals surface area contributed by atoms with E-state index in [1.54, 1.807) is 0 Å². The van der Waals surface area contributed by atoms with Gasteiger partial charge < -0.3 is 14.2 Å². The lowest BCUT2D eigenvalue weighted by atomic mass is 9.83. The van der Waals surface area contributed by atoms with E-state index >= 15 is 0 Å². The highest BCUT2D eigenvalue weighted by molar-refractivity contribution is 6.31. The van der Waals surface area contributed by atoms with Crippen molar-refractivity contribution >= 4 is 11.6 Å². The van der Waals surface area contributed by atoms with Crippen LogP contribution < -0.4 is 0 Å². The first-order chi connectivity index (χ1) is 20.1. The summed E-state index contributed by atoms with van der Waals surface area (Å²) in [5.41, 5.74) is 8.34. The summed E-state index contributed by atoms with van der Waals surface area (Å²) in [4.78, 5) is 0. The molecular weight excluding hydrogens is 528 g/mol. The molecule has 0 radical (unpaired) electrons. The lowest BCUT2D eigenvalue weighted by molar-refractivity contribution is -0.195. The summed E-state index contributed by atoms with van der Waals surface area (Å²) in [6.45, 7) is 3.91. The zero-order valence-electron chi connectivity index (χ0n) is 23.9. The van der Waals surface area contributed by atoms with E-state index in [1.165, 1.54) is 33.4 Å². The highest BCUT2D eigenvalue weighted by Crippen LogP contribution is 2.49. The summed E-state index contributed by atoms with van der Waals surface area (Å²) >= 11 is 6.86. The predicted octanol–water partition coefficient (Wildman–Crippen LogP) is 8.62. The fourth-order valence-electron chi connectivity index (χ4n) is 6.40. The Morgan fingerprint density at radius 3 is 2.22 bits per heavy atom. The molecule has 0 aromatic heterocycles. The van der Waals surface area contributed by atoms with E-state index in [-0.39, 0.29) is 17.8 Å². The molecule has 1 fully saturated rings. The van der Waals surface area contributed by atoms with Crippen molar-refractivity contribution in [1.29, 1.82) is 0 Å². The Morgan fingerprint density at radius 2 is 1.51 bits per heavy atom. The van der Waals surface area contributed by atoms with Gasteiger partial charge in [0.05, 0.1) is 37.6 Å². The van der Waals surface area contributed by atoms with Crippen LogP contribution in [0.5, 0.6) is 0 Å². The van der Waals surface area contributed by atoms with Crippen molar-refractivity contribution in [3.8, 4) is 0 Å². The summed E-state index contributed by atoms with van der Waals surface area (Å²) in [7, 11) is 0. The summed E-state index contributed by atoms with van der Waals surface area (Å²) < 4.78 is 19.8. The molecule has 41 heavy (non-hydrogen) atoms. The maximum absolute atomic E-state index is 7.01. The Labute approximate surface area is 249 Å². The Kier molecular flexibility index (Phi) is 8.88. The van der Waals surface area contributed by atoms with Crippen LogP contribution in [0.15, 0.2) is 97.1 Å². The minimum Gasteiger partial charge on any atom is -0.374 e. The first-order valence-electron chi connectivity index (χ1n) is 14.9. The van der Waals surface area contributed by atoms with Gasteiger partial charge >= 0.3 is 0 Å². The van der Waals surface area contributed by atoms with Gasteiger partial charge in [0.2, 0.25) is 0 Å². The van der Waals surface area contributed by atoms with Crippen molar-refractivity contribution in [2.45, 2.75) is 76.5 Å². The van der Waals surface area contributed by atoms with E-state index in [2.05, 4.69) is 91.9 Å². The van der Waals surface area contributed by atoms with Crippen molar-refractivity contribution in [2.24, 2.45) is 0 Å². The molecular formula is C37H39ClO3. The second kappa shape index (κ2) is 12.9. The first kappa shape index (κ1) is 28.2.